The number of nitrogen functional groups attached to an aromatic ring is 1. The van der Waals surface area contributed by atoms with Crippen molar-refractivity contribution in [1.82, 2.24) is 0 Å². The van der Waals surface area contributed by atoms with E-state index >= 15 is 0 Å². The van der Waals surface area contributed by atoms with Gasteiger partial charge in [0.25, 0.3) is 0 Å². The lowest BCUT2D eigenvalue weighted by Gasteiger charge is -2.07. The Morgan fingerprint density at radius 1 is 1.15 bits per heavy atom. The van der Waals surface area contributed by atoms with Crippen LogP contribution in [-0.4, -0.2) is 5.84 Å². The molecule has 2 nitrogen and oxygen atoms in total. The van der Waals surface area contributed by atoms with Crippen LogP contribution in [-0.2, 0) is 5.75 Å². The molecule has 104 valence electrons. The highest BCUT2D eigenvalue weighted by molar-refractivity contribution is 9.10. The van der Waals surface area contributed by atoms with E-state index in [4.69, 9.17) is 11.1 Å². The van der Waals surface area contributed by atoms with Gasteiger partial charge in [-0.3, -0.25) is 5.41 Å². The summed E-state index contributed by atoms with van der Waals surface area (Å²) in [6, 6.07) is 12.5. The molecule has 0 aliphatic carbocycles. The van der Waals surface area contributed by atoms with E-state index in [0.717, 1.165) is 15.8 Å². The molecule has 0 fully saturated rings. The van der Waals surface area contributed by atoms with Gasteiger partial charge in [-0.1, -0.05) is 29.3 Å². The van der Waals surface area contributed by atoms with Crippen molar-refractivity contribution >= 4 is 33.5 Å². The number of benzene rings is 2. The van der Waals surface area contributed by atoms with Crippen LogP contribution >= 0.6 is 27.7 Å². The first-order valence-corrected chi connectivity index (χ1v) is 8.07. The Balaban J connectivity index is 2.11. The van der Waals surface area contributed by atoms with Gasteiger partial charge in [-0.25, -0.2) is 0 Å². The predicted octanol–water partition coefficient (Wildman–Crippen LogP) is 4.64. The van der Waals surface area contributed by atoms with Crippen molar-refractivity contribution in [2.45, 2.75) is 24.5 Å². The van der Waals surface area contributed by atoms with Crippen molar-refractivity contribution < 1.29 is 0 Å². The van der Waals surface area contributed by atoms with E-state index in [-0.39, 0.29) is 5.84 Å². The molecule has 0 saturated heterocycles. The van der Waals surface area contributed by atoms with E-state index < -0.39 is 0 Å². The van der Waals surface area contributed by atoms with E-state index in [1.54, 1.807) is 11.8 Å². The third-order valence-corrected chi connectivity index (χ3v) is 4.64. The highest BCUT2D eigenvalue weighted by Gasteiger charge is 2.05. The number of amidine groups is 1. The summed E-state index contributed by atoms with van der Waals surface area (Å²) in [7, 11) is 0. The quantitative estimate of drug-likeness (QED) is 0.480. The van der Waals surface area contributed by atoms with Crippen LogP contribution in [0.25, 0.3) is 0 Å². The standard InChI is InChI=1S/C16H17BrN2S/c1-10-5-11(2)7-12(6-10)9-20-13-3-4-14(16(18)19)15(17)8-13/h3-8H,9H2,1-2H3,(H3,18,19). The van der Waals surface area contributed by atoms with Gasteiger partial charge in [0.1, 0.15) is 5.84 Å². The Kier molecular flexibility index (Phi) is 4.89. The Bertz CT molecular complexity index is 633. The van der Waals surface area contributed by atoms with E-state index in [0.29, 0.717) is 0 Å². The second-order valence-electron chi connectivity index (χ2n) is 4.84. The summed E-state index contributed by atoms with van der Waals surface area (Å²) >= 11 is 5.25. The molecule has 0 unspecified atom stereocenters. The first-order chi connectivity index (χ1) is 9.45. The van der Waals surface area contributed by atoms with Gasteiger partial charge in [-0.05, 0) is 53.5 Å². The van der Waals surface area contributed by atoms with Gasteiger partial charge in [0, 0.05) is 20.7 Å². The van der Waals surface area contributed by atoms with E-state index in [1.165, 1.54) is 21.6 Å². The van der Waals surface area contributed by atoms with Crippen LogP contribution in [0.4, 0.5) is 0 Å². The molecule has 0 aromatic heterocycles. The lowest BCUT2D eigenvalue weighted by molar-refractivity contribution is 1.29. The molecule has 3 N–H and O–H groups in total. The Labute approximate surface area is 132 Å². The number of hydrogen-bond donors (Lipinski definition) is 2. The number of thioether (sulfide) groups is 1. The average Bonchev–Trinajstić information content (AvgIpc) is 2.35. The van der Waals surface area contributed by atoms with Crippen LogP contribution in [0.1, 0.15) is 22.3 Å². The highest BCUT2D eigenvalue weighted by atomic mass is 79.9. The normalized spacial score (nSPS) is 10.6. The Morgan fingerprint density at radius 2 is 1.80 bits per heavy atom. The van der Waals surface area contributed by atoms with Gasteiger partial charge in [-0.15, -0.1) is 11.8 Å². The minimum Gasteiger partial charge on any atom is -0.384 e. The van der Waals surface area contributed by atoms with Gasteiger partial charge in [-0.2, -0.15) is 0 Å². The van der Waals surface area contributed by atoms with Crippen molar-refractivity contribution in [1.29, 1.82) is 5.41 Å². The largest absolute Gasteiger partial charge is 0.384 e. The van der Waals surface area contributed by atoms with Crippen LogP contribution in [0.2, 0.25) is 0 Å². The number of nitrogens with one attached hydrogen (secondary N) is 1. The molecule has 0 amide bonds. The minimum atomic E-state index is 0.0859. The molecule has 0 bridgehead atoms. The fraction of sp³-hybridized carbons (Fsp3) is 0.188. The second kappa shape index (κ2) is 6.46. The zero-order chi connectivity index (χ0) is 14.7. The molecule has 2 aromatic carbocycles. The van der Waals surface area contributed by atoms with Crippen LogP contribution in [0.15, 0.2) is 45.8 Å². The molecule has 0 saturated carbocycles. The third kappa shape index (κ3) is 3.87. The molecule has 0 atom stereocenters. The number of aryl methyl sites for hydroxylation is 2. The molecule has 2 rings (SSSR count). The second-order valence-corrected chi connectivity index (χ2v) is 6.74. The summed E-state index contributed by atoms with van der Waals surface area (Å²) < 4.78 is 0.871. The minimum absolute atomic E-state index is 0.0859. The lowest BCUT2D eigenvalue weighted by atomic mass is 10.1. The number of rotatable bonds is 4. The Morgan fingerprint density at radius 3 is 2.35 bits per heavy atom. The van der Waals surface area contributed by atoms with Crippen LogP contribution in [0.5, 0.6) is 0 Å². The molecule has 4 heteroatoms. The summed E-state index contributed by atoms with van der Waals surface area (Å²) in [5.74, 6) is 1.02. The van der Waals surface area contributed by atoms with Gasteiger partial charge in [0.15, 0.2) is 0 Å². The van der Waals surface area contributed by atoms with E-state index in [2.05, 4.69) is 48.0 Å². The molecule has 0 radical (unpaired) electrons. The van der Waals surface area contributed by atoms with Crippen molar-refractivity contribution in [2.75, 3.05) is 0 Å². The summed E-state index contributed by atoms with van der Waals surface area (Å²) in [5, 5.41) is 7.47. The third-order valence-electron chi connectivity index (χ3n) is 2.92. The molecule has 0 heterocycles. The first kappa shape index (κ1) is 15.1. The molecule has 20 heavy (non-hydrogen) atoms. The maximum Gasteiger partial charge on any atom is 0.123 e. The summed E-state index contributed by atoms with van der Waals surface area (Å²) in [4.78, 5) is 1.17. The summed E-state index contributed by atoms with van der Waals surface area (Å²) in [5.41, 5.74) is 10.2. The molecule has 0 aliphatic rings. The number of halogens is 1. The van der Waals surface area contributed by atoms with Crippen molar-refractivity contribution in [3.8, 4) is 0 Å². The first-order valence-electron chi connectivity index (χ1n) is 6.29. The number of nitrogens with two attached hydrogens (primary N) is 1. The average molecular weight is 349 g/mol. The maximum atomic E-state index is 7.47. The zero-order valence-electron chi connectivity index (χ0n) is 11.5. The van der Waals surface area contributed by atoms with Gasteiger partial charge < -0.3 is 5.73 Å². The zero-order valence-corrected chi connectivity index (χ0v) is 13.9. The van der Waals surface area contributed by atoms with Crippen LogP contribution in [0.3, 0.4) is 0 Å². The highest BCUT2D eigenvalue weighted by Crippen LogP contribution is 2.28. The molecule has 2 aromatic rings. The van der Waals surface area contributed by atoms with Crippen molar-refractivity contribution in [3.63, 3.8) is 0 Å². The number of hydrogen-bond acceptors (Lipinski definition) is 2. The van der Waals surface area contributed by atoms with Crippen LogP contribution in [0, 0.1) is 19.3 Å². The lowest BCUT2D eigenvalue weighted by Crippen LogP contribution is -2.11. The predicted molar refractivity (Wildman–Crippen MR) is 90.6 cm³/mol. The van der Waals surface area contributed by atoms with Crippen molar-refractivity contribution in [3.05, 3.63) is 63.1 Å². The van der Waals surface area contributed by atoms with Gasteiger partial charge >= 0.3 is 0 Å². The fourth-order valence-electron chi connectivity index (χ4n) is 2.12. The molecule has 0 spiro atoms. The fourth-order valence-corrected chi connectivity index (χ4v) is 3.73. The smallest absolute Gasteiger partial charge is 0.123 e. The topological polar surface area (TPSA) is 49.9 Å². The van der Waals surface area contributed by atoms with Gasteiger partial charge in [0.2, 0.25) is 0 Å². The maximum absolute atomic E-state index is 7.47. The van der Waals surface area contributed by atoms with Gasteiger partial charge in [0.05, 0.1) is 0 Å². The van der Waals surface area contributed by atoms with Crippen molar-refractivity contribution in [2.24, 2.45) is 5.73 Å². The molecule has 0 aliphatic heterocycles. The summed E-state index contributed by atoms with van der Waals surface area (Å²) in [6.07, 6.45) is 0. The Hall–Kier alpha value is -1.26. The monoisotopic (exact) mass is 348 g/mol. The molecular formula is C16H17BrN2S. The van der Waals surface area contributed by atoms with E-state index in [1.807, 2.05) is 18.2 Å². The SMILES string of the molecule is Cc1cc(C)cc(CSc2ccc(C(=N)N)c(Br)c2)c1. The summed E-state index contributed by atoms with van der Waals surface area (Å²) in [6.45, 7) is 4.25. The van der Waals surface area contributed by atoms with Crippen LogP contribution < -0.4 is 5.73 Å². The molecular weight excluding hydrogens is 332 g/mol. The van der Waals surface area contributed by atoms with E-state index in [9.17, 15) is 0 Å².